The summed E-state index contributed by atoms with van der Waals surface area (Å²) in [6.45, 7) is 4.49. The molecule has 0 saturated heterocycles. The molecule has 3 aromatic carbocycles. The number of hydrogen-bond acceptors (Lipinski definition) is 3. The van der Waals surface area contributed by atoms with Gasteiger partial charge in [0.15, 0.2) is 0 Å². The number of nitrogens with one attached hydrogen (secondary N) is 3. The van der Waals surface area contributed by atoms with Crippen molar-refractivity contribution in [1.82, 2.24) is 10.6 Å². The fourth-order valence-electron chi connectivity index (χ4n) is 3.77. The lowest BCUT2D eigenvalue weighted by Crippen LogP contribution is -2.25. The van der Waals surface area contributed by atoms with Gasteiger partial charge in [-0.1, -0.05) is 74.0 Å². The van der Waals surface area contributed by atoms with Gasteiger partial charge in [0.25, 0.3) is 0 Å². The van der Waals surface area contributed by atoms with Gasteiger partial charge in [-0.3, -0.25) is 0 Å². The molecule has 0 unspecified atom stereocenters. The number of ether oxygens (including phenoxy) is 1. The average molecular weight is 446 g/mol. The second-order valence-electron chi connectivity index (χ2n) is 8.08. The highest BCUT2D eigenvalue weighted by Crippen LogP contribution is 2.27. The van der Waals surface area contributed by atoms with Crippen LogP contribution in [-0.2, 0) is 25.9 Å². The molecular formula is C28H35N3O2. The lowest BCUT2D eigenvalue weighted by atomic mass is 10.0. The summed E-state index contributed by atoms with van der Waals surface area (Å²) in [5.41, 5.74) is 5.79. The quantitative estimate of drug-likeness (QED) is 0.330. The molecule has 0 radical (unpaired) electrons. The van der Waals surface area contributed by atoms with Gasteiger partial charge in [0, 0.05) is 7.05 Å². The van der Waals surface area contributed by atoms with Gasteiger partial charge in [-0.05, 0) is 66.7 Å². The molecule has 0 fully saturated rings. The first-order valence-corrected chi connectivity index (χ1v) is 11.8. The third-order valence-electron chi connectivity index (χ3n) is 5.56. The molecule has 3 N–H and O–H groups in total. The van der Waals surface area contributed by atoms with Crippen LogP contribution in [0.4, 0.5) is 10.5 Å². The highest BCUT2D eigenvalue weighted by molar-refractivity contribution is 5.90. The lowest BCUT2D eigenvalue weighted by molar-refractivity contribution is 0.253. The summed E-state index contributed by atoms with van der Waals surface area (Å²) in [6.07, 6.45) is 4.21. The predicted molar refractivity (Wildman–Crippen MR) is 136 cm³/mol. The molecule has 3 rings (SSSR count). The summed E-state index contributed by atoms with van der Waals surface area (Å²) in [6, 6.07) is 24.4. The van der Waals surface area contributed by atoms with Crippen molar-refractivity contribution in [3.05, 3.63) is 95.1 Å². The molecule has 2 amide bonds. The van der Waals surface area contributed by atoms with Crippen LogP contribution in [0.5, 0.6) is 5.75 Å². The van der Waals surface area contributed by atoms with Gasteiger partial charge in [0.05, 0.1) is 5.69 Å². The molecular weight excluding hydrogens is 410 g/mol. The molecule has 33 heavy (non-hydrogen) atoms. The number of rotatable bonds is 12. The van der Waals surface area contributed by atoms with Crippen LogP contribution in [0.25, 0.3) is 0 Å². The van der Waals surface area contributed by atoms with E-state index in [1.165, 1.54) is 17.5 Å². The molecule has 3 aromatic rings. The molecule has 0 aliphatic heterocycles. The van der Waals surface area contributed by atoms with Crippen LogP contribution in [0.15, 0.2) is 72.8 Å². The van der Waals surface area contributed by atoms with Gasteiger partial charge in [0.2, 0.25) is 0 Å². The van der Waals surface area contributed by atoms with E-state index in [4.69, 9.17) is 4.74 Å². The van der Waals surface area contributed by atoms with Crippen molar-refractivity contribution in [2.75, 3.05) is 25.5 Å². The second kappa shape index (κ2) is 13.3. The van der Waals surface area contributed by atoms with E-state index in [1.54, 1.807) is 7.05 Å². The summed E-state index contributed by atoms with van der Waals surface area (Å²) in [5.74, 6) is 0.659. The third kappa shape index (κ3) is 7.95. The van der Waals surface area contributed by atoms with Gasteiger partial charge in [0.1, 0.15) is 12.4 Å². The highest BCUT2D eigenvalue weighted by Gasteiger charge is 2.09. The summed E-state index contributed by atoms with van der Waals surface area (Å²) in [5, 5.41) is 9.04. The van der Waals surface area contributed by atoms with Crippen LogP contribution in [0, 0.1) is 0 Å². The van der Waals surface area contributed by atoms with Crippen LogP contribution in [0.1, 0.15) is 35.6 Å². The average Bonchev–Trinajstić information content (AvgIpc) is 2.85. The Kier molecular flexibility index (Phi) is 9.80. The van der Waals surface area contributed by atoms with E-state index in [-0.39, 0.29) is 6.03 Å². The second-order valence-corrected chi connectivity index (χ2v) is 8.08. The predicted octanol–water partition coefficient (Wildman–Crippen LogP) is 5.34. The maximum absolute atomic E-state index is 11.9. The summed E-state index contributed by atoms with van der Waals surface area (Å²) in [7, 11) is 1.60. The van der Waals surface area contributed by atoms with Crippen LogP contribution in [0.2, 0.25) is 0 Å². The monoisotopic (exact) mass is 445 g/mol. The zero-order valence-corrected chi connectivity index (χ0v) is 19.7. The van der Waals surface area contributed by atoms with Crippen molar-refractivity contribution in [2.45, 2.75) is 39.2 Å². The number of hydrogen-bond donors (Lipinski definition) is 3. The smallest absolute Gasteiger partial charge is 0.319 e. The topological polar surface area (TPSA) is 62.4 Å². The summed E-state index contributed by atoms with van der Waals surface area (Å²) < 4.78 is 5.99. The number of aryl methyl sites for hydroxylation is 1. The number of anilines is 1. The van der Waals surface area contributed by atoms with Crippen molar-refractivity contribution >= 4 is 11.7 Å². The van der Waals surface area contributed by atoms with E-state index in [2.05, 4.69) is 53.2 Å². The molecule has 0 spiro atoms. The zero-order valence-electron chi connectivity index (χ0n) is 19.7. The fourth-order valence-corrected chi connectivity index (χ4v) is 3.77. The standard InChI is InChI=1S/C28H35N3O2/c1-3-9-24-12-7-8-13-25(24)17-19-30-18-16-22-14-15-27(26(20-22)31-28(32)29-2)33-21-23-10-5-4-6-11-23/h4-8,10-15,20,30H,3,9,16-19,21H2,1-2H3,(H2,29,31,32). The van der Waals surface area contributed by atoms with Crippen molar-refractivity contribution in [3.8, 4) is 5.75 Å². The van der Waals surface area contributed by atoms with Gasteiger partial charge < -0.3 is 20.7 Å². The molecule has 0 aliphatic carbocycles. The van der Waals surface area contributed by atoms with Crippen molar-refractivity contribution < 1.29 is 9.53 Å². The van der Waals surface area contributed by atoms with Gasteiger partial charge in [-0.15, -0.1) is 0 Å². The first kappa shape index (κ1) is 24.3. The molecule has 5 nitrogen and oxygen atoms in total. The van der Waals surface area contributed by atoms with E-state index in [1.807, 2.05) is 42.5 Å². The minimum atomic E-state index is -0.263. The third-order valence-corrected chi connectivity index (χ3v) is 5.56. The van der Waals surface area contributed by atoms with Crippen molar-refractivity contribution in [1.29, 1.82) is 0 Å². The molecule has 0 bridgehead atoms. The highest BCUT2D eigenvalue weighted by atomic mass is 16.5. The fraction of sp³-hybridized carbons (Fsp3) is 0.321. The van der Waals surface area contributed by atoms with Crippen LogP contribution in [0.3, 0.4) is 0 Å². The van der Waals surface area contributed by atoms with Gasteiger partial charge in [-0.25, -0.2) is 4.79 Å². The van der Waals surface area contributed by atoms with Crippen LogP contribution >= 0.6 is 0 Å². The van der Waals surface area contributed by atoms with Crippen LogP contribution < -0.4 is 20.7 Å². The number of amides is 2. The Hall–Kier alpha value is -3.31. The van der Waals surface area contributed by atoms with Gasteiger partial charge in [-0.2, -0.15) is 0 Å². The Morgan fingerprint density at radius 1 is 0.818 bits per heavy atom. The number of carbonyl (C=O) groups excluding carboxylic acids is 1. The molecule has 0 saturated carbocycles. The van der Waals surface area contributed by atoms with E-state index in [9.17, 15) is 4.79 Å². The molecule has 5 heteroatoms. The molecule has 0 atom stereocenters. The maximum atomic E-state index is 11.9. The van der Waals surface area contributed by atoms with E-state index >= 15 is 0 Å². The minimum absolute atomic E-state index is 0.263. The van der Waals surface area contributed by atoms with Gasteiger partial charge >= 0.3 is 6.03 Å². The Morgan fingerprint density at radius 3 is 2.24 bits per heavy atom. The van der Waals surface area contributed by atoms with Crippen LogP contribution in [-0.4, -0.2) is 26.2 Å². The van der Waals surface area contributed by atoms with E-state index in [0.29, 0.717) is 18.0 Å². The first-order valence-electron chi connectivity index (χ1n) is 11.8. The molecule has 0 heterocycles. The van der Waals surface area contributed by atoms with E-state index < -0.39 is 0 Å². The molecule has 174 valence electrons. The summed E-state index contributed by atoms with van der Waals surface area (Å²) >= 11 is 0. The number of carbonyl (C=O) groups is 1. The van der Waals surface area contributed by atoms with Crippen molar-refractivity contribution in [3.63, 3.8) is 0 Å². The first-order chi connectivity index (χ1) is 16.2. The molecule has 0 aromatic heterocycles. The Labute approximate surface area is 197 Å². The molecule has 0 aliphatic rings. The largest absolute Gasteiger partial charge is 0.487 e. The van der Waals surface area contributed by atoms with E-state index in [0.717, 1.165) is 43.5 Å². The Balaban J connectivity index is 1.54. The zero-order chi connectivity index (χ0) is 23.3. The number of benzene rings is 3. The minimum Gasteiger partial charge on any atom is -0.487 e. The number of urea groups is 1. The lowest BCUT2D eigenvalue weighted by Gasteiger charge is -2.15. The Bertz CT molecular complexity index is 1010. The normalized spacial score (nSPS) is 10.6. The van der Waals surface area contributed by atoms with Crippen molar-refractivity contribution in [2.24, 2.45) is 0 Å². The Morgan fingerprint density at radius 2 is 1.52 bits per heavy atom. The summed E-state index contributed by atoms with van der Waals surface area (Å²) in [4.78, 5) is 11.9. The maximum Gasteiger partial charge on any atom is 0.319 e. The SMILES string of the molecule is CCCc1ccccc1CCNCCc1ccc(OCc2ccccc2)c(NC(=O)NC)c1.